The number of aromatic nitrogens is 2. The normalized spacial score (nSPS) is 11.8. The Balaban J connectivity index is 1.56. The summed E-state index contributed by atoms with van der Waals surface area (Å²) in [7, 11) is 1.61. The van der Waals surface area contributed by atoms with Crippen molar-refractivity contribution in [3.05, 3.63) is 89.2 Å². The SMILES string of the molecule is C=CCn1c(SCC(=O)NC(C)c2ccccc2OC)nc2cc(-c3ccccc3)sc2c1=O. The highest BCUT2D eigenvalue weighted by Gasteiger charge is 2.18. The van der Waals surface area contributed by atoms with Gasteiger partial charge in [0.15, 0.2) is 5.16 Å². The summed E-state index contributed by atoms with van der Waals surface area (Å²) in [4.78, 5) is 31.6. The molecule has 1 amide bonds. The van der Waals surface area contributed by atoms with Crippen LogP contribution in [0.5, 0.6) is 5.75 Å². The monoisotopic (exact) mass is 491 g/mol. The summed E-state index contributed by atoms with van der Waals surface area (Å²) >= 11 is 2.67. The van der Waals surface area contributed by atoms with Gasteiger partial charge in [0.25, 0.3) is 5.56 Å². The molecule has 34 heavy (non-hydrogen) atoms. The average Bonchev–Trinajstić information content (AvgIpc) is 3.30. The minimum absolute atomic E-state index is 0.123. The van der Waals surface area contributed by atoms with Gasteiger partial charge in [0.05, 0.1) is 24.4 Å². The summed E-state index contributed by atoms with van der Waals surface area (Å²) in [5, 5.41) is 3.49. The van der Waals surface area contributed by atoms with Crippen LogP contribution in [0.3, 0.4) is 0 Å². The van der Waals surface area contributed by atoms with Crippen LogP contribution in [0, 0.1) is 0 Å². The maximum atomic E-state index is 13.2. The smallest absolute Gasteiger partial charge is 0.272 e. The van der Waals surface area contributed by atoms with Crippen molar-refractivity contribution in [3.8, 4) is 16.2 Å². The predicted octanol–water partition coefficient (Wildman–Crippen LogP) is 5.29. The van der Waals surface area contributed by atoms with Gasteiger partial charge in [0.1, 0.15) is 10.4 Å². The molecule has 2 aromatic carbocycles. The first kappa shape index (κ1) is 23.8. The topological polar surface area (TPSA) is 73.2 Å². The first-order chi connectivity index (χ1) is 16.5. The summed E-state index contributed by atoms with van der Waals surface area (Å²) < 4.78 is 7.56. The molecule has 6 nitrogen and oxygen atoms in total. The lowest BCUT2D eigenvalue weighted by molar-refractivity contribution is -0.119. The van der Waals surface area contributed by atoms with E-state index in [0.717, 1.165) is 21.8 Å². The molecule has 0 aliphatic rings. The molecule has 0 spiro atoms. The van der Waals surface area contributed by atoms with Crippen molar-refractivity contribution in [2.45, 2.75) is 24.7 Å². The number of nitrogens with one attached hydrogen (secondary N) is 1. The number of carbonyl (C=O) groups is 1. The zero-order valence-electron chi connectivity index (χ0n) is 19.0. The Bertz CT molecular complexity index is 1380. The van der Waals surface area contributed by atoms with E-state index in [1.165, 1.54) is 23.1 Å². The largest absolute Gasteiger partial charge is 0.496 e. The molecule has 2 aromatic heterocycles. The van der Waals surface area contributed by atoms with Gasteiger partial charge in [0, 0.05) is 17.0 Å². The molecule has 4 aromatic rings. The molecule has 0 radical (unpaired) electrons. The molecule has 1 unspecified atom stereocenters. The van der Waals surface area contributed by atoms with Gasteiger partial charge in [-0.25, -0.2) is 4.98 Å². The van der Waals surface area contributed by atoms with Crippen LogP contribution in [0.1, 0.15) is 18.5 Å². The van der Waals surface area contributed by atoms with Crippen LogP contribution < -0.4 is 15.6 Å². The van der Waals surface area contributed by atoms with E-state index >= 15 is 0 Å². The number of amides is 1. The number of fused-ring (bicyclic) bond motifs is 1. The minimum atomic E-state index is -0.222. The van der Waals surface area contributed by atoms with Crippen LogP contribution >= 0.6 is 23.1 Å². The van der Waals surface area contributed by atoms with Crippen molar-refractivity contribution < 1.29 is 9.53 Å². The van der Waals surface area contributed by atoms with Crippen molar-refractivity contribution in [1.29, 1.82) is 0 Å². The molecule has 1 atom stereocenters. The number of methoxy groups -OCH3 is 1. The fourth-order valence-electron chi connectivity index (χ4n) is 3.65. The zero-order chi connectivity index (χ0) is 24.1. The first-order valence-corrected chi connectivity index (χ1v) is 12.6. The number of allylic oxidation sites excluding steroid dienone is 1. The number of para-hydroxylation sites is 1. The Morgan fingerprint density at radius 2 is 1.97 bits per heavy atom. The molecule has 0 bridgehead atoms. The summed E-state index contributed by atoms with van der Waals surface area (Å²) in [5.74, 6) is 0.698. The Kier molecular flexibility index (Phi) is 7.49. The van der Waals surface area contributed by atoms with Gasteiger partial charge in [-0.1, -0.05) is 66.4 Å². The number of hydrogen-bond donors (Lipinski definition) is 1. The number of thiophene rings is 1. The van der Waals surface area contributed by atoms with Crippen molar-refractivity contribution >= 4 is 39.2 Å². The van der Waals surface area contributed by atoms with Crippen molar-refractivity contribution in [2.75, 3.05) is 12.9 Å². The Morgan fingerprint density at radius 1 is 1.24 bits per heavy atom. The number of hydrogen-bond acceptors (Lipinski definition) is 6. The van der Waals surface area contributed by atoms with Gasteiger partial charge in [-0.05, 0) is 24.6 Å². The highest BCUT2D eigenvalue weighted by molar-refractivity contribution is 7.99. The van der Waals surface area contributed by atoms with E-state index in [1.54, 1.807) is 17.8 Å². The second kappa shape index (κ2) is 10.7. The zero-order valence-corrected chi connectivity index (χ0v) is 20.6. The molecule has 0 fully saturated rings. The summed E-state index contributed by atoms with van der Waals surface area (Å²) in [6.07, 6.45) is 1.66. The van der Waals surface area contributed by atoms with E-state index in [0.29, 0.717) is 21.9 Å². The highest BCUT2D eigenvalue weighted by atomic mass is 32.2. The number of nitrogens with zero attached hydrogens (tertiary/aromatic N) is 2. The minimum Gasteiger partial charge on any atom is -0.496 e. The Labute approximate surface area is 206 Å². The van der Waals surface area contributed by atoms with Gasteiger partial charge >= 0.3 is 0 Å². The second-order valence-electron chi connectivity index (χ2n) is 7.61. The summed E-state index contributed by atoms with van der Waals surface area (Å²) in [6.45, 7) is 6.00. The van der Waals surface area contributed by atoms with E-state index in [-0.39, 0.29) is 23.3 Å². The molecule has 4 rings (SSSR count). The Hall–Kier alpha value is -3.36. The molecule has 2 heterocycles. The molecule has 0 saturated carbocycles. The van der Waals surface area contributed by atoms with Crippen LogP contribution in [0.15, 0.2) is 83.3 Å². The third kappa shape index (κ3) is 5.08. The molecule has 1 N–H and O–H groups in total. The van der Waals surface area contributed by atoms with Gasteiger partial charge < -0.3 is 10.1 Å². The first-order valence-electron chi connectivity index (χ1n) is 10.8. The lowest BCUT2D eigenvalue weighted by Gasteiger charge is -2.17. The van der Waals surface area contributed by atoms with E-state index in [1.807, 2.05) is 67.6 Å². The number of benzene rings is 2. The molecular formula is C26H25N3O3S2. The highest BCUT2D eigenvalue weighted by Crippen LogP contribution is 2.32. The average molecular weight is 492 g/mol. The fraction of sp³-hybridized carbons (Fsp3) is 0.192. The van der Waals surface area contributed by atoms with Crippen molar-refractivity contribution in [1.82, 2.24) is 14.9 Å². The van der Waals surface area contributed by atoms with Gasteiger partial charge in [-0.3, -0.25) is 14.2 Å². The van der Waals surface area contributed by atoms with Gasteiger partial charge in [0.2, 0.25) is 5.91 Å². The van der Waals surface area contributed by atoms with E-state index < -0.39 is 0 Å². The maximum absolute atomic E-state index is 13.2. The Morgan fingerprint density at radius 3 is 2.71 bits per heavy atom. The lowest BCUT2D eigenvalue weighted by atomic mass is 10.1. The van der Waals surface area contributed by atoms with Crippen molar-refractivity contribution in [2.24, 2.45) is 0 Å². The van der Waals surface area contributed by atoms with Crippen LogP contribution in [0.2, 0.25) is 0 Å². The maximum Gasteiger partial charge on any atom is 0.272 e. The summed E-state index contributed by atoms with van der Waals surface area (Å²) in [6, 6.07) is 19.2. The third-order valence-corrected chi connectivity index (χ3v) is 7.42. The van der Waals surface area contributed by atoms with Crippen LogP contribution in [0.4, 0.5) is 0 Å². The standard InChI is InChI=1S/C26H25N3O3S2/c1-4-14-29-25(31)24-20(15-22(34-24)18-10-6-5-7-11-18)28-26(29)33-16-23(30)27-17(2)19-12-8-9-13-21(19)32-3/h4-13,15,17H,1,14,16H2,2-3H3,(H,27,30). The molecule has 0 aliphatic heterocycles. The molecular weight excluding hydrogens is 466 g/mol. The second-order valence-corrected chi connectivity index (χ2v) is 9.60. The summed E-state index contributed by atoms with van der Waals surface area (Å²) in [5.41, 5.74) is 2.46. The van der Waals surface area contributed by atoms with Gasteiger partial charge in [-0.2, -0.15) is 0 Å². The number of thioether (sulfide) groups is 1. The van der Waals surface area contributed by atoms with Crippen LogP contribution in [0.25, 0.3) is 20.7 Å². The molecule has 174 valence electrons. The lowest BCUT2D eigenvalue weighted by Crippen LogP contribution is -2.29. The van der Waals surface area contributed by atoms with E-state index in [4.69, 9.17) is 9.72 Å². The molecule has 0 aliphatic carbocycles. The van der Waals surface area contributed by atoms with E-state index in [9.17, 15) is 9.59 Å². The predicted molar refractivity (Wildman–Crippen MR) is 140 cm³/mol. The fourth-order valence-corrected chi connectivity index (χ4v) is 5.52. The quantitative estimate of drug-likeness (QED) is 0.196. The third-order valence-electron chi connectivity index (χ3n) is 5.28. The van der Waals surface area contributed by atoms with Gasteiger partial charge in [-0.15, -0.1) is 17.9 Å². The molecule has 0 saturated heterocycles. The molecule has 8 heteroatoms. The number of rotatable bonds is 9. The number of ether oxygens (including phenoxy) is 1. The number of carbonyl (C=O) groups excluding carboxylic acids is 1. The van der Waals surface area contributed by atoms with Crippen LogP contribution in [-0.4, -0.2) is 28.3 Å². The van der Waals surface area contributed by atoms with Crippen LogP contribution in [-0.2, 0) is 11.3 Å². The van der Waals surface area contributed by atoms with E-state index in [2.05, 4.69) is 11.9 Å². The van der Waals surface area contributed by atoms with Crippen molar-refractivity contribution in [3.63, 3.8) is 0 Å².